The van der Waals surface area contributed by atoms with Gasteiger partial charge in [0.25, 0.3) is 0 Å². The maximum atomic E-state index is 12.2. The molecule has 0 saturated heterocycles. The second kappa shape index (κ2) is 9.62. The molecule has 1 heterocycles. The van der Waals surface area contributed by atoms with Crippen LogP contribution in [0.15, 0.2) is 42.5 Å². The van der Waals surface area contributed by atoms with Crippen molar-refractivity contribution in [3.8, 4) is 16.9 Å². The molecule has 4 rings (SSSR count). The first-order valence-corrected chi connectivity index (χ1v) is 10.6. The fourth-order valence-corrected chi connectivity index (χ4v) is 4.55. The fourth-order valence-electron chi connectivity index (χ4n) is 4.19. The summed E-state index contributed by atoms with van der Waals surface area (Å²) in [5.74, 6) is -0.0360. The molecule has 30 heavy (non-hydrogen) atoms. The van der Waals surface area contributed by atoms with Crippen molar-refractivity contribution in [1.82, 2.24) is 9.55 Å². The second-order valence-electron chi connectivity index (χ2n) is 7.58. The van der Waals surface area contributed by atoms with E-state index in [1.165, 1.54) is 6.42 Å². The number of carbonyl (C=O) groups is 1. The van der Waals surface area contributed by atoms with Crippen LogP contribution in [-0.4, -0.2) is 39.5 Å². The first kappa shape index (κ1) is 23.0. The van der Waals surface area contributed by atoms with Crippen LogP contribution in [0.1, 0.15) is 59.9 Å². The number of rotatable bonds is 4. The monoisotopic (exact) mass is 436 g/mol. The summed E-state index contributed by atoms with van der Waals surface area (Å²) in [6.07, 6.45) is 5.47. The zero-order valence-corrected chi connectivity index (χ0v) is 17.7. The number of nitrogens with zero attached hydrogens (tertiary/aromatic N) is 2. The van der Waals surface area contributed by atoms with E-state index in [0.717, 1.165) is 48.3 Å². The molecule has 1 aliphatic carbocycles. The summed E-state index contributed by atoms with van der Waals surface area (Å²) in [6.45, 7) is 2.00. The summed E-state index contributed by atoms with van der Waals surface area (Å²) in [6, 6.07) is 12.9. The van der Waals surface area contributed by atoms with Gasteiger partial charge in [0.05, 0.1) is 11.4 Å². The summed E-state index contributed by atoms with van der Waals surface area (Å²) in [7, 11) is 0. The standard InChI is InChI=1S/C23H22Cl2N2O2.Li.H/c1-14-10-11-18(25)13-19(14)27-21(16-8-5-9-17(24)12-16)20(23(28)29)26-22(27)15-6-3-2-4-7-15;;/h5,8-13,15H,2-4,6-7H2,1H3,(H,28,29);;. The van der Waals surface area contributed by atoms with Crippen molar-refractivity contribution in [2.45, 2.75) is 44.9 Å². The fraction of sp³-hybridized carbons (Fsp3) is 0.304. The maximum absolute atomic E-state index is 12.2. The summed E-state index contributed by atoms with van der Waals surface area (Å²) in [5, 5.41) is 11.1. The van der Waals surface area contributed by atoms with E-state index in [9.17, 15) is 9.90 Å². The average molecular weight is 437 g/mol. The van der Waals surface area contributed by atoms with Crippen LogP contribution in [0.25, 0.3) is 16.9 Å². The van der Waals surface area contributed by atoms with Gasteiger partial charge in [-0.05, 0) is 49.6 Å². The van der Waals surface area contributed by atoms with Gasteiger partial charge in [-0.25, -0.2) is 9.78 Å². The minimum absolute atomic E-state index is 0. The van der Waals surface area contributed by atoms with Crippen LogP contribution in [0, 0.1) is 6.92 Å². The molecule has 3 aromatic rings. The van der Waals surface area contributed by atoms with Crippen LogP contribution in [-0.2, 0) is 0 Å². The quantitative estimate of drug-likeness (QED) is 0.491. The summed E-state index contributed by atoms with van der Waals surface area (Å²) >= 11 is 12.6. The molecule has 0 spiro atoms. The van der Waals surface area contributed by atoms with Crippen molar-refractivity contribution in [2.24, 2.45) is 0 Å². The molecule has 1 N–H and O–H groups in total. The Morgan fingerprint density at radius 1 is 1.07 bits per heavy atom. The molecule has 0 radical (unpaired) electrons. The number of carboxylic acid groups (broad SMARTS) is 1. The molecule has 1 aliphatic rings. The topological polar surface area (TPSA) is 55.1 Å². The molecule has 1 saturated carbocycles. The summed E-state index contributed by atoms with van der Waals surface area (Å²) < 4.78 is 1.99. The van der Waals surface area contributed by atoms with Crippen molar-refractivity contribution in [2.75, 3.05) is 0 Å². The average Bonchev–Trinajstić information content (AvgIpc) is 3.11. The molecule has 0 bridgehead atoms. The number of aromatic carboxylic acids is 1. The Morgan fingerprint density at radius 2 is 1.77 bits per heavy atom. The number of benzene rings is 2. The Labute approximate surface area is 198 Å². The summed E-state index contributed by atoms with van der Waals surface area (Å²) in [4.78, 5) is 16.8. The predicted molar refractivity (Wildman–Crippen MR) is 124 cm³/mol. The molecule has 152 valence electrons. The molecule has 0 amide bonds. The van der Waals surface area contributed by atoms with Crippen molar-refractivity contribution >= 4 is 48.0 Å². The predicted octanol–water partition coefficient (Wildman–Crippen LogP) is 6.25. The number of imidazole rings is 1. The van der Waals surface area contributed by atoms with Crippen LogP contribution in [0.2, 0.25) is 10.0 Å². The Kier molecular flexibility index (Phi) is 7.37. The SMILES string of the molecule is Cc1ccc(Cl)cc1-n1c(C2CCCCC2)nc(C(=O)O)c1-c1cccc(Cl)c1.[LiH]. The first-order chi connectivity index (χ1) is 14.0. The number of aryl methyl sites for hydroxylation is 1. The van der Waals surface area contributed by atoms with E-state index in [4.69, 9.17) is 23.2 Å². The van der Waals surface area contributed by atoms with E-state index in [2.05, 4.69) is 4.98 Å². The van der Waals surface area contributed by atoms with Gasteiger partial charge in [-0.3, -0.25) is 4.57 Å². The van der Waals surface area contributed by atoms with Crippen LogP contribution in [0.3, 0.4) is 0 Å². The second-order valence-corrected chi connectivity index (χ2v) is 8.46. The van der Waals surface area contributed by atoms with Crippen LogP contribution >= 0.6 is 23.2 Å². The van der Waals surface area contributed by atoms with Crippen molar-refractivity contribution in [3.05, 3.63) is 69.6 Å². The third-order valence-electron chi connectivity index (χ3n) is 5.59. The Bertz CT molecular complexity index is 1080. The van der Waals surface area contributed by atoms with Crippen molar-refractivity contribution in [3.63, 3.8) is 0 Å². The number of halogens is 2. The van der Waals surface area contributed by atoms with E-state index in [1.54, 1.807) is 12.1 Å². The van der Waals surface area contributed by atoms with Gasteiger partial charge in [0.2, 0.25) is 0 Å². The van der Waals surface area contributed by atoms with Gasteiger partial charge in [-0.1, -0.05) is 60.7 Å². The zero-order valence-electron chi connectivity index (χ0n) is 16.2. The van der Waals surface area contributed by atoms with Gasteiger partial charge in [-0.15, -0.1) is 0 Å². The molecule has 4 nitrogen and oxygen atoms in total. The summed E-state index contributed by atoms with van der Waals surface area (Å²) in [5.41, 5.74) is 3.18. The van der Waals surface area contributed by atoms with Gasteiger partial charge in [0.1, 0.15) is 5.82 Å². The van der Waals surface area contributed by atoms with E-state index < -0.39 is 5.97 Å². The number of carboxylic acids is 1. The minimum atomic E-state index is -1.05. The molecule has 1 fully saturated rings. The molecule has 7 heteroatoms. The van der Waals surface area contributed by atoms with Gasteiger partial charge >= 0.3 is 24.8 Å². The zero-order chi connectivity index (χ0) is 20.5. The molecular weight excluding hydrogens is 414 g/mol. The van der Waals surface area contributed by atoms with Crippen LogP contribution in [0.5, 0.6) is 0 Å². The Morgan fingerprint density at radius 3 is 2.43 bits per heavy atom. The molecular formula is C23H23Cl2LiN2O2. The number of aromatic nitrogens is 2. The number of hydrogen-bond acceptors (Lipinski definition) is 2. The molecule has 1 aromatic heterocycles. The van der Waals surface area contributed by atoms with Crippen molar-refractivity contribution < 1.29 is 9.90 Å². The Hall–Kier alpha value is -1.70. The first-order valence-electron chi connectivity index (χ1n) is 9.84. The number of hydrogen-bond donors (Lipinski definition) is 1. The molecule has 0 unspecified atom stereocenters. The third kappa shape index (κ3) is 4.48. The molecule has 2 aromatic carbocycles. The van der Waals surface area contributed by atoms with E-state index >= 15 is 0 Å². The van der Waals surface area contributed by atoms with E-state index in [-0.39, 0.29) is 30.5 Å². The van der Waals surface area contributed by atoms with Crippen LogP contribution in [0.4, 0.5) is 0 Å². The Balaban J connectivity index is 0.00000256. The van der Waals surface area contributed by atoms with Gasteiger partial charge in [-0.2, -0.15) is 0 Å². The normalized spacial score (nSPS) is 14.4. The van der Waals surface area contributed by atoms with E-state index in [0.29, 0.717) is 15.7 Å². The van der Waals surface area contributed by atoms with Gasteiger partial charge in [0.15, 0.2) is 5.69 Å². The molecule has 0 atom stereocenters. The van der Waals surface area contributed by atoms with E-state index in [1.807, 2.05) is 41.8 Å². The van der Waals surface area contributed by atoms with Gasteiger partial charge in [0, 0.05) is 21.5 Å². The van der Waals surface area contributed by atoms with Crippen LogP contribution < -0.4 is 0 Å². The molecule has 0 aliphatic heterocycles. The third-order valence-corrected chi connectivity index (χ3v) is 6.06. The van der Waals surface area contributed by atoms with Crippen molar-refractivity contribution in [1.29, 1.82) is 0 Å². The van der Waals surface area contributed by atoms with Gasteiger partial charge < -0.3 is 5.11 Å².